The van der Waals surface area contributed by atoms with Gasteiger partial charge in [0.25, 0.3) is 5.91 Å². The minimum Gasteiger partial charge on any atom is -0.497 e. The maximum Gasteiger partial charge on any atom is 0.358 e. The average molecular weight is 566 g/mol. The number of fused-ring (bicyclic) bond motifs is 1. The maximum atomic E-state index is 13.7. The number of hydrogen-bond donors (Lipinski definition) is 2. The van der Waals surface area contributed by atoms with Crippen LogP contribution in [0, 0.1) is 0 Å². The van der Waals surface area contributed by atoms with E-state index >= 15 is 0 Å². The molecular formula is C28H31N5O8. The first-order valence-electron chi connectivity index (χ1n) is 13.4. The summed E-state index contributed by atoms with van der Waals surface area (Å²) in [7, 11) is 1.51. The molecule has 3 atom stereocenters. The van der Waals surface area contributed by atoms with E-state index < -0.39 is 42.2 Å². The Kier molecular flexibility index (Phi) is 8.34. The van der Waals surface area contributed by atoms with Crippen molar-refractivity contribution in [3.63, 3.8) is 0 Å². The molecule has 0 aromatic heterocycles. The Bertz CT molecular complexity index is 1300. The largest absolute Gasteiger partial charge is 0.497 e. The van der Waals surface area contributed by atoms with Crippen molar-refractivity contribution in [2.75, 3.05) is 20.2 Å². The molecule has 2 aromatic carbocycles. The van der Waals surface area contributed by atoms with Gasteiger partial charge in [-0.3, -0.25) is 24.6 Å². The van der Waals surface area contributed by atoms with E-state index in [9.17, 15) is 24.0 Å². The van der Waals surface area contributed by atoms with Crippen molar-refractivity contribution in [1.29, 1.82) is 0 Å². The normalized spacial score (nSPS) is 22.5. The predicted octanol–water partition coefficient (Wildman–Crippen LogP) is 1.35. The van der Waals surface area contributed by atoms with Crippen LogP contribution in [0.1, 0.15) is 41.6 Å². The number of nitrogens with zero attached hydrogens (tertiary/aromatic N) is 3. The second-order valence-electron chi connectivity index (χ2n) is 9.85. The van der Waals surface area contributed by atoms with E-state index in [0.29, 0.717) is 12.2 Å². The summed E-state index contributed by atoms with van der Waals surface area (Å²) < 4.78 is 16.2. The number of carbonyl (C=O) groups excluding carboxylic acids is 5. The molecule has 13 heteroatoms. The fourth-order valence-electron chi connectivity index (χ4n) is 4.98. The van der Waals surface area contributed by atoms with Gasteiger partial charge in [-0.25, -0.2) is 19.8 Å². The highest BCUT2D eigenvalue weighted by molar-refractivity contribution is 5.96. The van der Waals surface area contributed by atoms with E-state index in [2.05, 4.69) is 10.7 Å². The molecule has 0 saturated carbocycles. The Labute approximate surface area is 236 Å². The van der Waals surface area contributed by atoms with Crippen LogP contribution in [-0.2, 0) is 30.5 Å². The lowest BCUT2D eigenvalue weighted by Crippen LogP contribution is -2.65. The highest BCUT2D eigenvalue weighted by Gasteiger charge is 2.46. The number of cyclic esters (lactones) is 1. The summed E-state index contributed by atoms with van der Waals surface area (Å²) in [6, 6.07) is 13.1. The fourth-order valence-corrected chi connectivity index (χ4v) is 4.98. The number of ether oxygens (including phenoxy) is 3. The van der Waals surface area contributed by atoms with Crippen molar-refractivity contribution in [1.82, 2.24) is 25.8 Å². The lowest BCUT2D eigenvalue weighted by atomic mass is 10.1. The van der Waals surface area contributed by atoms with Crippen molar-refractivity contribution in [3.8, 4) is 5.75 Å². The number of hydrazine groups is 2. The van der Waals surface area contributed by atoms with Gasteiger partial charge in [-0.2, -0.15) is 0 Å². The molecule has 0 radical (unpaired) electrons. The number of hydrogen-bond acceptors (Lipinski definition) is 8. The molecule has 3 aliphatic heterocycles. The Morgan fingerprint density at radius 2 is 1.78 bits per heavy atom. The van der Waals surface area contributed by atoms with E-state index in [0.717, 1.165) is 15.6 Å². The number of urea groups is 1. The van der Waals surface area contributed by atoms with Crippen molar-refractivity contribution >= 4 is 29.7 Å². The Morgan fingerprint density at radius 1 is 1.02 bits per heavy atom. The number of amides is 5. The average Bonchev–Trinajstić information content (AvgIpc) is 3.30. The zero-order valence-electron chi connectivity index (χ0n) is 22.5. The molecular weight excluding hydrogens is 534 g/mol. The van der Waals surface area contributed by atoms with Gasteiger partial charge >= 0.3 is 12.0 Å². The van der Waals surface area contributed by atoms with Gasteiger partial charge in [-0.1, -0.05) is 30.3 Å². The minimum absolute atomic E-state index is 0.0418. The predicted molar refractivity (Wildman–Crippen MR) is 141 cm³/mol. The molecule has 0 aliphatic carbocycles. The molecule has 216 valence electrons. The van der Waals surface area contributed by atoms with Crippen LogP contribution in [0.15, 0.2) is 54.6 Å². The molecule has 3 heterocycles. The molecule has 5 amide bonds. The van der Waals surface area contributed by atoms with Crippen LogP contribution < -0.4 is 15.5 Å². The maximum absolute atomic E-state index is 13.7. The first kappa shape index (κ1) is 27.9. The quantitative estimate of drug-likeness (QED) is 0.456. The third kappa shape index (κ3) is 6.24. The van der Waals surface area contributed by atoms with Gasteiger partial charge in [0, 0.05) is 18.5 Å². The third-order valence-corrected chi connectivity index (χ3v) is 7.11. The molecule has 0 spiro atoms. The molecule has 3 unspecified atom stereocenters. The fraction of sp³-hybridized carbons (Fsp3) is 0.393. The van der Waals surface area contributed by atoms with Crippen LogP contribution in [0.3, 0.4) is 0 Å². The zero-order valence-corrected chi connectivity index (χ0v) is 22.5. The van der Waals surface area contributed by atoms with Gasteiger partial charge in [0.05, 0.1) is 26.7 Å². The summed E-state index contributed by atoms with van der Waals surface area (Å²) >= 11 is 0. The second kappa shape index (κ2) is 12.3. The summed E-state index contributed by atoms with van der Waals surface area (Å²) in [6.07, 6.45) is -0.384. The smallest absolute Gasteiger partial charge is 0.358 e. The lowest BCUT2D eigenvalue weighted by molar-refractivity contribution is -0.169. The van der Waals surface area contributed by atoms with E-state index in [1.807, 2.05) is 30.3 Å². The van der Waals surface area contributed by atoms with Gasteiger partial charge in [0.1, 0.15) is 17.8 Å². The van der Waals surface area contributed by atoms with Gasteiger partial charge < -0.3 is 19.5 Å². The third-order valence-electron chi connectivity index (χ3n) is 7.11. The molecule has 2 aromatic rings. The summed E-state index contributed by atoms with van der Waals surface area (Å²) in [5.41, 5.74) is 3.71. The van der Waals surface area contributed by atoms with E-state index in [-0.39, 0.29) is 50.4 Å². The molecule has 0 bridgehead atoms. The van der Waals surface area contributed by atoms with Gasteiger partial charge in [0.2, 0.25) is 18.1 Å². The van der Waals surface area contributed by atoms with E-state index in [4.69, 9.17) is 14.2 Å². The first-order chi connectivity index (χ1) is 19.8. The molecule has 13 nitrogen and oxygen atoms in total. The van der Waals surface area contributed by atoms with Crippen molar-refractivity contribution in [2.24, 2.45) is 0 Å². The Hall–Kier alpha value is -4.65. The summed E-state index contributed by atoms with van der Waals surface area (Å²) in [5, 5.41) is 6.19. The molecule has 3 fully saturated rings. The second-order valence-corrected chi connectivity index (χ2v) is 9.85. The Balaban J connectivity index is 1.28. The van der Waals surface area contributed by atoms with Crippen molar-refractivity contribution in [3.05, 3.63) is 65.7 Å². The number of carbonyl (C=O) groups is 5. The van der Waals surface area contributed by atoms with Gasteiger partial charge in [0.15, 0.2) is 0 Å². The van der Waals surface area contributed by atoms with Crippen LogP contribution in [0.4, 0.5) is 4.79 Å². The SMILES string of the molecule is COc1ccc(C(=O)NN2CCC(=O)N3CCCC(C(=O)NC4CC(=O)OC4OCc4ccccc4)N3C2=O)cc1. The van der Waals surface area contributed by atoms with Crippen molar-refractivity contribution in [2.45, 2.75) is 50.7 Å². The van der Waals surface area contributed by atoms with Crippen LogP contribution >= 0.6 is 0 Å². The number of benzene rings is 2. The Morgan fingerprint density at radius 3 is 2.51 bits per heavy atom. The van der Waals surface area contributed by atoms with E-state index in [1.165, 1.54) is 12.1 Å². The highest BCUT2D eigenvalue weighted by atomic mass is 16.7. The minimum atomic E-state index is -1.05. The summed E-state index contributed by atoms with van der Waals surface area (Å²) in [5.74, 6) is -1.42. The number of rotatable bonds is 8. The number of esters is 1. The highest BCUT2D eigenvalue weighted by Crippen LogP contribution is 2.25. The molecule has 5 rings (SSSR count). The van der Waals surface area contributed by atoms with Gasteiger partial charge in [-0.15, -0.1) is 0 Å². The van der Waals surface area contributed by atoms with Crippen LogP contribution in [0.5, 0.6) is 5.75 Å². The number of methoxy groups -OCH3 is 1. The van der Waals surface area contributed by atoms with E-state index in [1.54, 1.807) is 24.3 Å². The molecule has 3 saturated heterocycles. The van der Waals surface area contributed by atoms with Crippen LogP contribution in [0.25, 0.3) is 0 Å². The standard InChI is InChI=1S/C28H31N5O8/c1-39-20-11-9-19(10-12-20)25(36)30-31-15-13-23(34)32-14-5-8-22(33(32)28(31)38)26(37)29-21-16-24(35)41-27(21)40-17-18-6-3-2-4-7-18/h2-4,6-7,9-12,21-22,27H,5,8,13-17H2,1H3,(H,29,37)(H,30,36). The molecule has 2 N–H and O–H groups in total. The number of nitrogens with one attached hydrogen (secondary N) is 2. The van der Waals surface area contributed by atoms with Gasteiger partial charge in [-0.05, 0) is 42.7 Å². The van der Waals surface area contributed by atoms with Crippen molar-refractivity contribution < 1.29 is 38.2 Å². The summed E-state index contributed by atoms with van der Waals surface area (Å²) in [6.45, 7) is 0.355. The lowest BCUT2D eigenvalue weighted by Gasteiger charge is -2.43. The first-order valence-corrected chi connectivity index (χ1v) is 13.4. The molecule has 41 heavy (non-hydrogen) atoms. The summed E-state index contributed by atoms with van der Waals surface area (Å²) in [4.78, 5) is 65.1. The van der Waals surface area contributed by atoms with Crippen LogP contribution in [0.2, 0.25) is 0 Å². The van der Waals surface area contributed by atoms with Crippen LogP contribution in [-0.4, -0.2) is 83.3 Å². The molecule has 3 aliphatic rings. The monoisotopic (exact) mass is 565 g/mol. The zero-order chi connectivity index (χ0) is 28.9. The topological polar surface area (TPSA) is 147 Å².